The van der Waals surface area contributed by atoms with Crippen LogP contribution in [0, 0.1) is 11.8 Å². The first-order valence-corrected chi connectivity index (χ1v) is 7.42. The topological polar surface area (TPSA) is 0 Å². The minimum absolute atomic E-state index is 0.279. The molecule has 0 fully saturated rings. The second kappa shape index (κ2) is 9.00. The summed E-state index contributed by atoms with van der Waals surface area (Å²) in [7, 11) is 0. The van der Waals surface area contributed by atoms with Gasteiger partial charge in [0.05, 0.1) is 0 Å². The van der Waals surface area contributed by atoms with Gasteiger partial charge in [0, 0.05) is 16.8 Å². The first kappa shape index (κ1) is 15.1. The lowest BCUT2D eigenvalue weighted by atomic mass is 9.96. The third-order valence-electron chi connectivity index (χ3n) is 2.84. The zero-order valence-corrected chi connectivity index (χ0v) is 12.7. The molecule has 0 radical (unpaired) electrons. The lowest BCUT2D eigenvalue weighted by molar-refractivity contribution is 0.736. The van der Waals surface area contributed by atoms with E-state index < -0.39 is 0 Å². The van der Waals surface area contributed by atoms with Gasteiger partial charge in [-0.2, -0.15) is 0 Å². The molecule has 0 saturated heterocycles. The molecule has 1 atom stereocenters. The van der Waals surface area contributed by atoms with Crippen molar-refractivity contribution in [1.82, 2.24) is 0 Å². The molecule has 0 N–H and O–H groups in total. The minimum Gasteiger partial charge on any atom is -0.103 e. The largest absolute Gasteiger partial charge is 0.103 e. The molecule has 1 rings (SSSR count). The Balaban J connectivity index is 2.67. The molecule has 18 heavy (non-hydrogen) atoms. The maximum absolute atomic E-state index is 3.83. The summed E-state index contributed by atoms with van der Waals surface area (Å²) in [6, 6.07) is 8.39. The Morgan fingerprint density at radius 3 is 2.89 bits per heavy atom. The van der Waals surface area contributed by atoms with E-state index in [2.05, 4.69) is 59.5 Å². The Morgan fingerprint density at radius 1 is 1.39 bits per heavy atom. The van der Waals surface area contributed by atoms with Gasteiger partial charge >= 0.3 is 0 Å². The van der Waals surface area contributed by atoms with Crippen molar-refractivity contribution in [3.63, 3.8) is 0 Å². The number of halogens is 1. The Kier molecular flexibility index (Phi) is 7.53. The number of benzene rings is 1. The average molecular weight is 305 g/mol. The van der Waals surface area contributed by atoms with E-state index in [-0.39, 0.29) is 5.92 Å². The molecule has 0 aliphatic heterocycles. The van der Waals surface area contributed by atoms with E-state index in [0.717, 1.165) is 17.3 Å². The van der Waals surface area contributed by atoms with E-state index in [1.165, 1.54) is 24.8 Å². The van der Waals surface area contributed by atoms with Gasteiger partial charge in [-0.1, -0.05) is 59.8 Å². The highest BCUT2D eigenvalue weighted by Gasteiger charge is 2.06. The molecule has 1 unspecified atom stereocenters. The number of allylic oxidation sites excluding steroid dienone is 1. The fourth-order valence-electron chi connectivity index (χ4n) is 1.83. The van der Waals surface area contributed by atoms with Crippen molar-refractivity contribution in [2.75, 3.05) is 0 Å². The van der Waals surface area contributed by atoms with E-state index in [0.29, 0.717) is 0 Å². The van der Waals surface area contributed by atoms with Gasteiger partial charge in [-0.25, -0.2) is 0 Å². The summed E-state index contributed by atoms with van der Waals surface area (Å²) in [6.07, 6.45) is 7.61. The van der Waals surface area contributed by atoms with Crippen LogP contribution < -0.4 is 0 Å². The number of hydrogen-bond donors (Lipinski definition) is 0. The molecule has 0 spiro atoms. The lowest BCUT2D eigenvalue weighted by Crippen LogP contribution is -1.94. The van der Waals surface area contributed by atoms with Gasteiger partial charge in [-0.15, -0.1) is 12.5 Å². The summed E-state index contributed by atoms with van der Waals surface area (Å²) in [5, 5.41) is 0. The summed E-state index contributed by atoms with van der Waals surface area (Å²) in [5.74, 6) is 6.97. The van der Waals surface area contributed by atoms with Crippen molar-refractivity contribution in [2.24, 2.45) is 0 Å². The number of hydrogen-bond acceptors (Lipinski definition) is 0. The van der Waals surface area contributed by atoms with Crippen LogP contribution >= 0.6 is 15.9 Å². The van der Waals surface area contributed by atoms with Gasteiger partial charge in [-0.05, 0) is 30.5 Å². The molecule has 0 saturated carbocycles. The minimum atomic E-state index is 0.279. The third-order valence-corrected chi connectivity index (χ3v) is 3.33. The first-order valence-electron chi connectivity index (χ1n) is 6.62. The van der Waals surface area contributed by atoms with E-state index in [1.54, 1.807) is 0 Å². The molecule has 0 aliphatic rings. The van der Waals surface area contributed by atoms with Crippen LogP contribution in [0.15, 0.2) is 41.4 Å². The highest BCUT2D eigenvalue weighted by molar-refractivity contribution is 9.10. The van der Waals surface area contributed by atoms with E-state index in [4.69, 9.17) is 0 Å². The smallest absolute Gasteiger partial charge is 0.0486 e. The molecule has 0 aromatic heterocycles. The molecular formula is C17H21Br. The Labute approximate surface area is 120 Å². The van der Waals surface area contributed by atoms with Crippen LogP contribution in [0.1, 0.15) is 50.5 Å². The highest BCUT2D eigenvalue weighted by Crippen LogP contribution is 2.22. The summed E-state index contributed by atoms with van der Waals surface area (Å²) in [5.41, 5.74) is 1.27. The molecule has 0 bridgehead atoms. The van der Waals surface area contributed by atoms with Gasteiger partial charge in [0.15, 0.2) is 0 Å². The third kappa shape index (κ3) is 5.56. The standard InChI is InChI=1S/C17H21Br/c1-3-5-6-7-8-11-15(10-4-2)16-12-9-13-17(18)14-16/h4,9,12-15H,2-3,5-7,10H2,1H3. The van der Waals surface area contributed by atoms with Crippen LogP contribution in [0.5, 0.6) is 0 Å². The Hall–Kier alpha value is -1.000. The SMILES string of the molecule is C=CCC(C#CCCCCC)c1cccc(Br)c1. The van der Waals surface area contributed by atoms with Gasteiger partial charge in [0.25, 0.3) is 0 Å². The molecular weight excluding hydrogens is 284 g/mol. The molecule has 96 valence electrons. The monoisotopic (exact) mass is 304 g/mol. The molecule has 0 amide bonds. The van der Waals surface area contributed by atoms with Crippen LogP contribution in [0.3, 0.4) is 0 Å². The van der Waals surface area contributed by atoms with Crippen molar-refractivity contribution in [3.8, 4) is 11.8 Å². The number of unbranched alkanes of at least 4 members (excludes halogenated alkanes) is 3. The summed E-state index contributed by atoms with van der Waals surface area (Å²) >= 11 is 3.51. The van der Waals surface area contributed by atoms with E-state index in [1.807, 2.05) is 12.1 Å². The first-order chi connectivity index (χ1) is 8.77. The highest BCUT2D eigenvalue weighted by atomic mass is 79.9. The fourth-order valence-corrected chi connectivity index (χ4v) is 2.24. The van der Waals surface area contributed by atoms with Crippen molar-refractivity contribution < 1.29 is 0 Å². The van der Waals surface area contributed by atoms with Crippen molar-refractivity contribution >= 4 is 15.9 Å². The Bertz CT molecular complexity index is 423. The normalized spacial score (nSPS) is 11.4. The van der Waals surface area contributed by atoms with Crippen molar-refractivity contribution in [1.29, 1.82) is 0 Å². The predicted octanol–water partition coefficient (Wildman–Crippen LogP) is 5.69. The predicted molar refractivity (Wildman–Crippen MR) is 83.6 cm³/mol. The second-order valence-electron chi connectivity index (χ2n) is 4.41. The molecule has 0 aliphatic carbocycles. The van der Waals surface area contributed by atoms with Crippen LogP contribution in [0.2, 0.25) is 0 Å². The maximum Gasteiger partial charge on any atom is 0.0486 e. The quantitative estimate of drug-likeness (QED) is 0.360. The Morgan fingerprint density at radius 2 is 2.22 bits per heavy atom. The molecule has 1 aromatic carbocycles. The lowest BCUT2D eigenvalue weighted by Gasteiger charge is -2.08. The van der Waals surface area contributed by atoms with Crippen molar-refractivity contribution in [3.05, 3.63) is 47.0 Å². The second-order valence-corrected chi connectivity index (χ2v) is 5.33. The van der Waals surface area contributed by atoms with Gasteiger partial charge in [0.2, 0.25) is 0 Å². The van der Waals surface area contributed by atoms with E-state index in [9.17, 15) is 0 Å². The average Bonchev–Trinajstić information content (AvgIpc) is 2.37. The van der Waals surface area contributed by atoms with Gasteiger partial charge < -0.3 is 0 Å². The molecule has 0 heterocycles. The van der Waals surface area contributed by atoms with Crippen LogP contribution in [-0.4, -0.2) is 0 Å². The zero-order chi connectivity index (χ0) is 13.2. The summed E-state index contributed by atoms with van der Waals surface area (Å²) < 4.78 is 1.11. The zero-order valence-electron chi connectivity index (χ0n) is 11.1. The van der Waals surface area contributed by atoms with Crippen LogP contribution in [0.4, 0.5) is 0 Å². The molecule has 0 nitrogen and oxygen atoms in total. The number of rotatable bonds is 6. The van der Waals surface area contributed by atoms with Gasteiger partial charge in [-0.3, -0.25) is 0 Å². The van der Waals surface area contributed by atoms with E-state index >= 15 is 0 Å². The molecule has 1 heteroatoms. The maximum atomic E-state index is 3.83. The summed E-state index contributed by atoms with van der Waals surface area (Å²) in [6.45, 7) is 6.04. The summed E-state index contributed by atoms with van der Waals surface area (Å²) in [4.78, 5) is 0. The van der Waals surface area contributed by atoms with Crippen molar-refractivity contribution in [2.45, 2.75) is 44.9 Å². The van der Waals surface area contributed by atoms with Crippen LogP contribution in [-0.2, 0) is 0 Å². The molecule has 1 aromatic rings. The fraction of sp³-hybridized carbons (Fsp3) is 0.412. The van der Waals surface area contributed by atoms with Crippen LogP contribution in [0.25, 0.3) is 0 Å². The van der Waals surface area contributed by atoms with Gasteiger partial charge in [0.1, 0.15) is 0 Å².